The molecular formula is C42H26N6S2. The van der Waals surface area contributed by atoms with E-state index in [4.69, 9.17) is 19.3 Å². The summed E-state index contributed by atoms with van der Waals surface area (Å²) in [6, 6.07) is 50.6. The molecule has 0 radical (unpaired) electrons. The molecule has 1 aliphatic heterocycles. The number of fused-ring (bicyclic) bond motifs is 5. The molecule has 8 heteroatoms. The standard InChI is InChI=1S/C42H26N6S2/c1-3-12-27(13-4-1)40-43-25-30(26-44-40)48-34-18-8-7-16-31(34)32-23-22-28(24-37(32)48)41-45-42(50-46-41)33-17-11-20-36-39(33)49-38-21-10-9-19-35(38)47(36)29-14-5-2-6-15-29/h1-26H. The third kappa shape index (κ3) is 4.72. The second-order valence-electron chi connectivity index (χ2n) is 12.0. The van der Waals surface area contributed by atoms with Crippen LogP contribution in [0.5, 0.6) is 0 Å². The first kappa shape index (κ1) is 28.9. The summed E-state index contributed by atoms with van der Waals surface area (Å²) in [5.74, 6) is 1.41. The van der Waals surface area contributed by atoms with Crippen LogP contribution in [-0.2, 0) is 0 Å². The highest BCUT2D eigenvalue weighted by molar-refractivity contribution is 8.00. The summed E-state index contributed by atoms with van der Waals surface area (Å²) in [4.78, 5) is 19.4. The Morgan fingerprint density at radius 1 is 0.520 bits per heavy atom. The number of anilines is 3. The van der Waals surface area contributed by atoms with Crippen molar-refractivity contribution in [2.45, 2.75) is 9.79 Å². The summed E-state index contributed by atoms with van der Waals surface area (Å²) in [6.45, 7) is 0. The topological polar surface area (TPSA) is 59.7 Å². The van der Waals surface area contributed by atoms with E-state index < -0.39 is 0 Å². The van der Waals surface area contributed by atoms with E-state index in [9.17, 15) is 0 Å². The van der Waals surface area contributed by atoms with Crippen molar-refractivity contribution in [3.8, 4) is 39.0 Å². The van der Waals surface area contributed by atoms with E-state index >= 15 is 0 Å². The second-order valence-corrected chi connectivity index (χ2v) is 13.8. The van der Waals surface area contributed by atoms with Crippen LogP contribution in [0.2, 0.25) is 0 Å². The first-order valence-electron chi connectivity index (χ1n) is 16.3. The predicted molar refractivity (Wildman–Crippen MR) is 205 cm³/mol. The average Bonchev–Trinajstić information content (AvgIpc) is 3.81. The lowest BCUT2D eigenvalue weighted by molar-refractivity contribution is 1.08. The van der Waals surface area contributed by atoms with Gasteiger partial charge in [-0.2, -0.15) is 4.37 Å². The van der Waals surface area contributed by atoms with Crippen molar-refractivity contribution in [2.75, 3.05) is 4.90 Å². The molecule has 1 aliphatic rings. The molecule has 0 aliphatic carbocycles. The number of nitrogens with zero attached hydrogens (tertiary/aromatic N) is 6. The largest absolute Gasteiger partial charge is 0.308 e. The van der Waals surface area contributed by atoms with E-state index in [0.29, 0.717) is 11.6 Å². The normalized spacial score (nSPS) is 12.3. The number of para-hydroxylation sites is 3. The van der Waals surface area contributed by atoms with Crippen LogP contribution in [0, 0.1) is 0 Å². The van der Waals surface area contributed by atoms with Gasteiger partial charge in [0, 0.05) is 42.9 Å². The molecule has 0 fully saturated rings. The van der Waals surface area contributed by atoms with Crippen LogP contribution in [0.3, 0.4) is 0 Å². The summed E-state index contributed by atoms with van der Waals surface area (Å²) in [6.07, 6.45) is 3.81. The van der Waals surface area contributed by atoms with Gasteiger partial charge in [-0.15, -0.1) is 0 Å². The summed E-state index contributed by atoms with van der Waals surface area (Å²) >= 11 is 3.23. The van der Waals surface area contributed by atoms with Gasteiger partial charge in [0.15, 0.2) is 11.6 Å². The number of rotatable bonds is 5. The molecule has 3 aromatic heterocycles. The summed E-state index contributed by atoms with van der Waals surface area (Å²) in [5, 5.41) is 3.21. The minimum Gasteiger partial charge on any atom is -0.308 e. The smallest absolute Gasteiger partial charge is 0.173 e. The van der Waals surface area contributed by atoms with Crippen molar-refractivity contribution in [3.63, 3.8) is 0 Å². The summed E-state index contributed by atoms with van der Waals surface area (Å²) < 4.78 is 7.15. The van der Waals surface area contributed by atoms with Crippen LogP contribution in [0.15, 0.2) is 168 Å². The molecule has 50 heavy (non-hydrogen) atoms. The lowest BCUT2D eigenvalue weighted by Gasteiger charge is -2.33. The monoisotopic (exact) mass is 678 g/mol. The zero-order valence-corrected chi connectivity index (χ0v) is 28.1. The number of hydrogen-bond acceptors (Lipinski definition) is 7. The molecule has 0 bridgehead atoms. The van der Waals surface area contributed by atoms with Crippen molar-refractivity contribution in [2.24, 2.45) is 0 Å². The Balaban J connectivity index is 1.07. The maximum absolute atomic E-state index is 5.16. The highest BCUT2D eigenvalue weighted by atomic mass is 32.2. The van der Waals surface area contributed by atoms with E-state index in [1.807, 2.05) is 42.7 Å². The van der Waals surface area contributed by atoms with Gasteiger partial charge in [-0.25, -0.2) is 15.0 Å². The molecule has 0 N–H and O–H groups in total. The van der Waals surface area contributed by atoms with Crippen LogP contribution in [0.4, 0.5) is 17.1 Å². The Bertz CT molecular complexity index is 2680. The molecule has 0 amide bonds. The molecule has 0 saturated heterocycles. The zero-order chi connectivity index (χ0) is 33.0. The molecule has 10 rings (SSSR count). The minimum absolute atomic E-state index is 0.701. The summed E-state index contributed by atoms with van der Waals surface area (Å²) in [7, 11) is 0. The van der Waals surface area contributed by atoms with E-state index in [2.05, 4.69) is 125 Å². The molecule has 4 heterocycles. The van der Waals surface area contributed by atoms with Crippen molar-refractivity contribution in [1.29, 1.82) is 0 Å². The van der Waals surface area contributed by atoms with Gasteiger partial charge in [0.05, 0.1) is 40.5 Å². The Hall–Kier alpha value is -6.09. The fourth-order valence-corrected chi connectivity index (χ4v) is 8.76. The Morgan fingerprint density at radius 2 is 1.24 bits per heavy atom. The lowest BCUT2D eigenvalue weighted by Crippen LogP contribution is -2.15. The SMILES string of the molecule is c1ccc(-c2ncc(-n3c4ccccc4c4ccc(-c5nsc(-c6cccc7c6Sc6ccccc6N7c6ccccc6)n5)cc43)cn2)cc1. The van der Waals surface area contributed by atoms with E-state index in [1.54, 1.807) is 11.8 Å². The van der Waals surface area contributed by atoms with Crippen LogP contribution < -0.4 is 4.90 Å². The Morgan fingerprint density at radius 3 is 2.10 bits per heavy atom. The van der Waals surface area contributed by atoms with Gasteiger partial charge in [0.25, 0.3) is 0 Å². The lowest BCUT2D eigenvalue weighted by atomic mass is 10.1. The van der Waals surface area contributed by atoms with Crippen molar-refractivity contribution >= 4 is 62.2 Å². The third-order valence-electron chi connectivity index (χ3n) is 9.08. The Kier molecular flexibility index (Phi) is 6.82. The number of benzene rings is 6. The van der Waals surface area contributed by atoms with E-state index in [-0.39, 0.29) is 0 Å². The molecule has 0 unspecified atom stereocenters. The van der Waals surface area contributed by atoms with Gasteiger partial charge in [-0.1, -0.05) is 115 Å². The van der Waals surface area contributed by atoms with Crippen LogP contribution in [-0.4, -0.2) is 23.9 Å². The third-order valence-corrected chi connectivity index (χ3v) is 11.0. The highest BCUT2D eigenvalue weighted by Gasteiger charge is 2.28. The van der Waals surface area contributed by atoms with Crippen molar-refractivity contribution in [3.05, 3.63) is 158 Å². The number of hydrogen-bond donors (Lipinski definition) is 0. The first-order chi connectivity index (χ1) is 24.8. The fraction of sp³-hybridized carbons (Fsp3) is 0. The van der Waals surface area contributed by atoms with Crippen molar-refractivity contribution < 1.29 is 0 Å². The maximum atomic E-state index is 5.16. The molecular weight excluding hydrogens is 653 g/mol. The second kappa shape index (κ2) is 11.8. The average molecular weight is 679 g/mol. The van der Waals surface area contributed by atoms with Gasteiger partial charge in [-0.3, -0.25) is 0 Å². The molecule has 6 aromatic carbocycles. The first-order valence-corrected chi connectivity index (χ1v) is 17.9. The molecule has 0 saturated carbocycles. The van der Waals surface area contributed by atoms with Gasteiger partial charge in [-0.05, 0) is 54.0 Å². The van der Waals surface area contributed by atoms with Gasteiger partial charge >= 0.3 is 0 Å². The van der Waals surface area contributed by atoms with Gasteiger partial charge in [0.1, 0.15) is 5.01 Å². The Labute approximate surface area is 296 Å². The van der Waals surface area contributed by atoms with E-state index in [0.717, 1.165) is 55.2 Å². The van der Waals surface area contributed by atoms with Gasteiger partial charge in [0.2, 0.25) is 0 Å². The molecule has 0 spiro atoms. The van der Waals surface area contributed by atoms with Crippen molar-refractivity contribution in [1.82, 2.24) is 23.9 Å². The van der Waals surface area contributed by atoms with E-state index in [1.165, 1.54) is 32.4 Å². The highest BCUT2D eigenvalue weighted by Crippen LogP contribution is 2.54. The van der Waals surface area contributed by atoms with Crippen LogP contribution >= 0.6 is 23.3 Å². The molecule has 236 valence electrons. The van der Waals surface area contributed by atoms with Crippen LogP contribution in [0.25, 0.3) is 60.8 Å². The quantitative estimate of drug-likeness (QED) is 0.181. The molecule has 9 aromatic rings. The fourth-order valence-electron chi connectivity index (χ4n) is 6.81. The zero-order valence-electron chi connectivity index (χ0n) is 26.5. The maximum Gasteiger partial charge on any atom is 0.173 e. The summed E-state index contributed by atoms with van der Waals surface area (Å²) in [5.41, 5.74) is 9.52. The molecule has 6 nitrogen and oxygen atoms in total. The molecule has 0 atom stereocenters. The minimum atomic E-state index is 0.701. The van der Waals surface area contributed by atoms with Gasteiger partial charge < -0.3 is 9.47 Å². The van der Waals surface area contributed by atoms with Crippen LogP contribution in [0.1, 0.15) is 0 Å². The number of aromatic nitrogens is 5. The predicted octanol–water partition coefficient (Wildman–Crippen LogP) is 11.4.